The summed E-state index contributed by atoms with van der Waals surface area (Å²) >= 11 is 15.7. The zero-order chi connectivity index (χ0) is 24.1. The van der Waals surface area contributed by atoms with E-state index in [-0.39, 0.29) is 30.4 Å². The zero-order valence-electron chi connectivity index (χ0n) is 19.0. The van der Waals surface area contributed by atoms with Gasteiger partial charge in [0.25, 0.3) is 5.91 Å². The lowest BCUT2D eigenvalue weighted by Gasteiger charge is -2.30. The van der Waals surface area contributed by atoms with Crippen LogP contribution in [0.15, 0.2) is 40.9 Å². The molecule has 0 saturated heterocycles. The van der Waals surface area contributed by atoms with E-state index in [1.807, 2.05) is 25.1 Å². The molecule has 2 rings (SSSR count). The van der Waals surface area contributed by atoms with E-state index < -0.39 is 6.04 Å². The van der Waals surface area contributed by atoms with Crippen molar-refractivity contribution in [2.45, 2.75) is 52.1 Å². The van der Waals surface area contributed by atoms with Gasteiger partial charge in [0.2, 0.25) is 5.91 Å². The van der Waals surface area contributed by atoms with Crippen LogP contribution in [0.1, 0.15) is 45.2 Å². The number of nitrogens with one attached hydrogen (secondary N) is 1. The molecule has 174 valence electrons. The topological polar surface area (TPSA) is 58.6 Å². The number of carbonyl (C=O) groups is 2. The smallest absolute Gasteiger partial charge is 0.261 e. The van der Waals surface area contributed by atoms with Crippen molar-refractivity contribution in [1.29, 1.82) is 0 Å². The number of benzene rings is 2. The zero-order valence-corrected chi connectivity index (χ0v) is 22.1. The molecule has 5 nitrogen and oxygen atoms in total. The third-order valence-corrected chi connectivity index (χ3v) is 6.48. The van der Waals surface area contributed by atoms with Gasteiger partial charge in [-0.15, -0.1) is 0 Å². The summed E-state index contributed by atoms with van der Waals surface area (Å²) in [7, 11) is 1.55. The minimum atomic E-state index is -0.641. The van der Waals surface area contributed by atoms with E-state index in [4.69, 9.17) is 27.9 Å². The molecule has 0 fully saturated rings. The summed E-state index contributed by atoms with van der Waals surface area (Å²) in [5.74, 6) is 0.0174. The predicted molar refractivity (Wildman–Crippen MR) is 133 cm³/mol. The molecule has 0 heterocycles. The Hall–Kier alpha value is -1.76. The van der Waals surface area contributed by atoms with Gasteiger partial charge >= 0.3 is 0 Å². The molecule has 0 unspecified atom stereocenters. The van der Waals surface area contributed by atoms with E-state index in [2.05, 4.69) is 42.0 Å². The molecule has 2 aromatic carbocycles. The van der Waals surface area contributed by atoms with Crippen LogP contribution in [0.4, 0.5) is 0 Å². The summed E-state index contributed by atoms with van der Waals surface area (Å²) in [6.45, 7) is 8.24. The van der Waals surface area contributed by atoms with Crippen LogP contribution in [-0.4, -0.2) is 36.4 Å². The van der Waals surface area contributed by atoms with Gasteiger partial charge in [-0.2, -0.15) is 0 Å². The largest absolute Gasteiger partial charge is 0.483 e. The third-order valence-electron chi connectivity index (χ3n) is 5.12. The van der Waals surface area contributed by atoms with Crippen molar-refractivity contribution in [2.24, 2.45) is 0 Å². The first-order valence-electron chi connectivity index (χ1n) is 10.4. The predicted octanol–water partition coefficient (Wildman–Crippen LogP) is 5.99. The lowest BCUT2D eigenvalue weighted by atomic mass is 9.87. The average molecular weight is 544 g/mol. The Labute approximate surface area is 208 Å². The first-order chi connectivity index (χ1) is 15.0. The number of hydrogen-bond donors (Lipinski definition) is 1. The van der Waals surface area contributed by atoms with Crippen LogP contribution < -0.4 is 10.1 Å². The Morgan fingerprint density at radius 1 is 1.12 bits per heavy atom. The second-order valence-corrected chi connectivity index (χ2v) is 10.2. The molecular weight excluding hydrogens is 515 g/mol. The van der Waals surface area contributed by atoms with Gasteiger partial charge in [-0.25, -0.2) is 0 Å². The fourth-order valence-corrected chi connectivity index (χ4v) is 4.04. The maximum absolute atomic E-state index is 13.2. The number of rotatable bonds is 8. The second-order valence-electron chi connectivity index (χ2n) is 8.49. The maximum Gasteiger partial charge on any atom is 0.261 e. The Bertz CT molecular complexity index is 976. The Balaban J connectivity index is 2.24. The molecule has 0 aliphatic rings. The average Bonchev–Trinajstić information content (AvgIpc) is 2.74. The molecule has 2 aromatic rings. The van der Waals surface area contributed by atoms with Gasteiger partial charge < -0.3 is 15.0 Å². The molecule has 0 spiro atoms. The maximum atomic E-state index is 13.2. The van der Waals surface area contributed by atoms with Crippen molar-refractivity contribution < 1.29 is 14.3 Å². The normalized spacial score (nSPS) is 12.2. The molecule has 0 aromatic heterocycles. The highest BCUT2D eigenvalue weighted by Crippen LogP contribution is 2.31. The number of likely N-dealkylation sites (N-methyl/N-ethyl adjacent to an activating group) is 1. The molecule has 1 N–H and O–H groups in total. The molecule has 32 heavy (non-hydrogen) atoms. The Morgan fingerprint density at radius 2 is 1.81 bits per heavy atom. The van der Waals surface area contributed by atoms with Gasteiger partial charge in [0.1, 0.15) is 11.8 Å². The molecule has 0 saturated carbocycles. The highest BCUT2D eigenvalue weighted by Gasteiger charge is 2.28. The monoisotopic (exact) mass is 542 g/mol. The highest BCUT2D eigenvalue weighted by atomic mass is 79.9. The van der Waals surface area contributed by atoms with Crippen LogP contribution in [0.2, 0.25) is 10.0 Å². The van der Waals surface area contributed by atoms with Crippen molar-refractivity contribution in [3.8, 4) is 5.75 Å². The number of amides is 2. The van der Waals surface area contributed by atoms with Gasteiger partial charge in [-0.3, -0.25) is 9.59 Å². The first kappa shape index (κ1) is 26.5. The van der Waals surface area contributed by atoms with Gasteiger partial charge in [-0.05, 0) is 63.2 Å². The molecule has 2 amide bonds. The summed E-state index contributed by atoms with van der Waals surface area (Å²) in [6, 6.07) is 10.3. The summed E-state index contributed by atoms with van der Waals surface area (Å²) in [6.07, 6.45) is 0.455. The molecule has 0 aliphatic heterocycles. The molecule has 1 atom stereocenters. The van der Waals surface area contributed by atoms with Crippen molar-refractivity contribution >= 4 is 50.9 Å². The molecule has 8 heteroatoms. The van der Waals surface area contributed by atoms with E-state index in [0.717, 1.165) is 15.6 Å². The van der Waals surface area contributed by atoms with Crippen molar-refractivity contribution in [2.75, 3.05) is 13.7 Å². The van der Waals surface area contributed by atoms with Crippen molar-refractivity contribution in [1.82, 2.24) is 10.2 Å². The minimum Gasteiger partial charge on any atom is -0.483 e. The SMILES string of the molecule is CC[C@@H](C(=O)NC)N(Cc1ccc(Cl)c(Cl)c1)C(=O)COc1ccc(C(C)(C)C)cc1Br. The molecule has 0 bridgehead atoms. The van der Waals surface area contributed by atoms with E-state index in [9.17, 15) is 9.59 Å². The highest BCUT2D eigenvalue weighted by molar-refractivity contribution is 9.10. The Kier molecular flexibility index (Phi) is 9.43. The summed E-state index contributed by atoms with van der Waals surface area (Å²) < 4.78 is 6.59. The lowest BCUT2D eigenvalue weighted by Crippen LogP contribution is -2.49. The molecular formula is C24H29BrCl2N2O3. The fourth-order valence-electron chi connectivity index (χ4n) is 3.23. The minimum absolute atomic E-state index is 0.00458. The van der Waals surface area contributed by atoms with Gasteiger partial charge in [0, 0.05) is 13.6 Å². The van der Waals surface area contributed by atoms with Crippen LogP contribution in [0.5, 0.6) is 5.75 Å². The van der Waals surface area contributed by atoms with Crippen LogP contribution >= 0.6 is 39.1 Å². The number of ether oxygens (including phenoxy) is 1. The fraction of sp³-hybridized carbons (Fsp3) is 0.417. The van der Waals surface area contributed by atoms with Crippen LogP contribution in [-0.2, 0) is 21.5 Å². The Morgan fingerprint density at radius 3 is 2.34 bits per heavy atom. The van der Waals surface area contributed by atoms with E-state index >= 15 is 0 Å². The second kappa shape index (κ2) is 11.4. The quantitative estimate of drug-likeness (QED) is 0.445. The van der Waals surface area contributed by atoms with Crippen molar-refractivity contribution in [3.05, 3.63) is 62.0 Å². The van der Waals surface area contributed by atoms with Crippen LogP contribution in [0.25, 0.3) is 0 Å². The molecule has 0 aliphatic carbocycles. The lowest BCUT2D eigenvalue weighted by molar-refractivity contribution is -0.142. The van der Waals surface area contributed by atoms with Gasteiger partial charge in [0.05, 0.1) is 14.5 Å². The summed E-state index contributed by atoms with van der Waals surface area (Å²) in [4.78, 5) is 27.1. The van der Waals surface area contributed by atoms with Crippen LogP contribution in [0.3, 0.4) is 0 Å². The van der Waals surface area contributed by atoms with Gasteiger partial charge in [0.15, 0.2) is 6.61 Å². The summed E-state index contributed by atoms with van der Waals surface area (Å²) in [5.41, 5.74) is 1.91. The van der Waals surface area contributed by atoms with E-state index in [0.29, 0.717) is 22.2 Å². The third kappa shape index (κ3) is 6.87. The van der Waals surface area contributed by atoms with Crippen molar-refractivity contribution in [3.63, 3.8) is 0 Å². The van der Waals surface area contributed by atoms with Crippen LogP contribution in [0, 0.1) is 0 Å². The van der Waals surface area contributed by atoms with E-state index in [1.54, 1.807) is 25.2 Å². The molecule has 0 radical (unpaired) electrons. The standard InChI is InChI=1S/C24H29BrCl2N2O3/c1-6-20(23(31)28-5)29(13-15-7-9-18(26)19(27)11-15)22(30)14-32-21-10-8-16(12-17(21)25)24(2,3)4/h7-12,20H,6,13-14H2,1-5H3,(H,28,31)/t20-/m0/s1. The van der Waals surface area contributed by atoms with E-state index in [1.165, 1.54) is 4.90 Å². The number of hydrogen-bond acceptors (Lipinski definition) is 3. The van der Waals surface area contributed by atoms with Gasteiger partial charge in [-0.1, -0.05) is 63.0 Å². The number of nitrogens with zero attached hydrogens (tertiary/aromatic N) is 1. The summed E-state index contributed by atoms with van der Waals surface area (Å²) in [5, 5.41) is 3.45. The first-order valence-corrected chi connectivity index (χ1v) is 11.9. The number of halogens is 3. The number of carbonyl (C=O) groups excluding carboxylic acids is 2.